The van der Waals surface area contributed by atoms with Crippen LogP contribution in [0.4, 0.5) is 5.69 Å². The van der Waals surface area contributed by atoms with Crippen LogP contribution in [0.5, 0.6) is 5.75 Å². The van der Waals surface area contributed by atoms with E-state index in [2.05, 4.69) is 4.98 Å². The fourth-order valence-electron chi connectivity index (χ4n) is 1.42. The van der Waals surface area contributed by atoms with Crippen LogP contribution in [0.15, 0.2) is 42.6 Å². The maximum Gasteiger partial charge on any atom is 0.147 e. The minimum absolute atomic E-state index is 0.283. The summed E-state index contributed by atoms with van der Waals surface area (Å²) in [5.41, 5.74) is 7.45. The van der Waals surface area contributed by atoms with Gasteiger partial charge in [0.1, 0.15) is 24.1 Å². The summed E-state index contributed by atoms with van der Waals surface area (Å²) in [6.07, 6.45) is 1.58. The predicted octanol–water partition coefficient (Wildman–Crippen LogP) is 2.11. The highest BCUT2D eigenvalue weighted by Crippen LogP contribution is 2.21. The lowest BCUT2D eigenvalue weighted by Gasteiger charge is -2.08. The average molecular weight is 225 g/mol. The smallest absolute Gasteiger partial charge is 0.147 e. The lowest BCUT2D eigenvalue weighted by Crippen LogP contribution is -2.01. The molecular formula is C13H11N3O. The van der Waals surface area contributed by atoms with Gasteiger partial charge in [0, 0.05) is 11.8 Å². The van der Waals surface area contributed by atoms with E-state index in [1.54, 1.807) is 24.4 Å². The number of nitrogen functional groups attached to an aromatic ring is 1. The number of hydrogen-bond acceptors (Lipinski definition) is 4. The molecule has 0 aliphatic rings. The first-order chi connectivity index (χ1) is 8.31. The molecule has 0 fully saturated rings. The summed E-state index contributed by atoms with van der Waals surface area (Å²) in [7, 11) is 0. The number of para-hydroxylation sites is 2. The quantitative estimate of drug-likeness (QED) is 0.812. The van der Waals surface area contributed by atoms with Crippen LogP contribution in [0.1, 0.15) is 11.3 Å². The molecule has 0 amide bonds. The zero-order chi connectivity index (χ0) is 12.1. The topological polar surface area (TPSA) is 71.9 Å². The monoisotopic (exact) mass is 225 g/mol. The first kappa shape index (κ1) is 11.0. The van der Waals surface area contributed by atoms with Crippen LogP contribution in [0.25, 0.3) is 0 Å². The van der Waals surface area contributed by atoms with E-state index >= 15 is 0 Å². The highest BCUT2D eigenvalue weighted by atomic mass is 16.5. The highest BCUT2D eigenvalue weighted by Gasteiger charge is 2.04. The molecule has 4 nitrogen and oxygen atoms in total. The third kappa shape index (κ3) is 2.52. The molecule has 0 saturated heterocycles. The van der Waals surface area contributed by atoms with Crippen LogP contribution in [-0.4, -0.2) is 4.98 Å². The zero-order valence-corrected chi connectivity index (χ0v) is 9.13. The van der Waals surface area contributed by atoms with Gasteiger partial charge in [-0.1, -0.05) is 18.2 Å². The maximum atomic E-state index is 8.88. The molecule has 0 radical (unpaired) electrons. The van der Waals surface area contributed by atoms with Crippen molar-refractivity contribution in [2.24, 2.45) is 0 Å². The minimum atomic E-state index is 0.283. The number of nitrogens with two attached hydrogens (primary N) is 1. The van der Waals surface area contributed by atoms with Crippen molar-refractivity contribution in [3.05, 3.63) is 53.9 Å². The molecule has 1 aromatic carbocycles. The molecule has 0 saturated carbocycles. The largest absolute Gasteiger partial charge is 0.487 e. The molecule has 0 aliphatic heterocycles. The molecule has 1 aromatic heterocycles. The molecule has 2 aromatic rings. The molecule has 84 valence electrons. The van der Waals surface area contributed by atoms with Crippen LogP contribution in [0, 0.1) is 11.3 Å². The van der Waals surface area contributed by atoms with Gasteiger partial charge >= 0.3 is 0 Å². The van der Waals surface area contributed by atoms with Crippen LogP contribution in [-0.2, 0) is 6.61 Å². The Kier molecular flexibility index (Phi) is 3.22. The van der Waals surface area contributed by atoms with E-state index in [0.29, 0.717) is 17.1 Å². The van der Waals surface area contributed by atoms with Crippen molar-refractivity contribution in [2.75, 3.05) is 5.73 Å². The maximum absolute atomic E-state index is 8.88. The van der Waals surface area contributed by atoms with E-state index in [1.165, 1.54) is 0 Å². The number of nitrogens with zero attached hydrogens (tertiary/aromatic N) is 2. The lowest BCUT2D eigenvalue weighted by molar-refractivity contribution is 0.307. The first-order valence-corrected chi connectivity index (χ1v) is 5.12. The second-order valence-corrected chi connectivity index (χ2v) is 3.45. The Labute approximate surface area is 99.3 Å². The summed E-state index contributed by atoms with van der Waals surface area (Å²) in [5.74, 6) is 0.611. The van der Waals surface area contributed by atoms with Crippen LogP contribution in [0.3, 0.4) is 0 Å². The normalized spacial score (nSPS) is 9.59. The van der Waals surface area contributed by atoms with E-state index in [0.717, 1.165) is 5.56 Å². The molecule has 17 heavy (non-hydrogen) atoms. The summed E-state index contributed by atoms with van der Waals surface area (Å²) in [6.45, 7) is 0.283. The fraction of sp³-hybridized carbons (Fsp3) is 0.0769. The summed E-state index contributed by atoms with van der Waals surface area (Å²) in [5, 5.41) is 8.88. The number of ether oxygens (including phenoxy) is 1. The fourth-order valence-corrected chi connectivity index (χ4v) is 1.42. The summed E-state index contributed by atoms with van der Waals surface area (Å²) in [4.78, 5) is 3.96. The van der Waals surface area contributed by atoms with Gasteiger partial charge in [-0.05, 0) is 18.2 Å². The van der Waals surface area contributed by atoms with E-state index in [4.69, 9.17) is 15.7 Å². The van der Waals surface area contributed by atoms with Crippen molar-refractivity contribution in [2.45, 2.75) is 6.61 Å². The first-order valence-electron chi connectivity index (χ1n) is 5.12. The van der Waals surface area contributed by atoms with Gasteiger partial charge in [0.15, 0.2) is 0 Å². The number of benzene rings is 1. The minimum Gasteiger partial charge on any atom is -0.487 e. The van der Waals surface area contributed by atoms with Gasteiger partial charge in [-0.25, -0.2) is 4.98 Å². The third-order valence-corrected chi connectivity index (χ3v) is 2.30. The molecule has 0 unspecified atom stereocenters. The molecule has 2 N–H and O–H groups in total. The molecule has 0 bridgehead atoms. The number of hydrogen-bond donors (Lipinski definition) is 1. The number of nitriles is 1. The number of anilines is 1. The van der Waals surface area contributed by atoms with Gasteiger partial charge in [0.25, 0.3) is 0 Å². The Hall–Kier alpha value is -2.54. The Morgan fingerprint density at radius 1 is 1.24 bits per heavy atom. The van der Waals surface area contributed by atoms with Gasteiger partial charge in [-0.15, -0.1) is 0 Å². The van der Waals surface area contributed by atoms with Crippen molar-refractivity contribution in [1.82, 2.24) is 4.98 Å². The van der Waals surface area contributed by atoms with Crippen LogP contribution in [0.2, 0.25) is 0 Å². The molecule has 0 spiro atoms. The molecule has 2 rings (SSSR count). The van der Waals surface area contributed by atoms with E-state index in [9.17, 15) is 0 Å². The van der Waals surface area contributed by atoms with Crippen molar-refractivity contribution in [3.63, 3.8) is 0 Å². The number of aromatic nitrogens is 1. The van der Waals surface area contributed by atoms with Gasteiger partial charge in [0.2, 0.25) is 0 Å². The van der Waals surface area contributed by atoms with E-state index < -0.39 is 0 Å². The van der Waals surface area contributed by atoms with Crippen LogP contribution >= 0.6 is 0 Å². The lowest BCUT2D eigenvalue weighted by atomic mass is 10.2. The predicted molar refractivity (Wildman–Crippen MR) is 64.1 cm³/mol. The van der Waals surface area contributed by atoms with Gasteiger partial charge in [-0.3, -0.25) is 0 Å². The molecule has 1 heterocycles. The van der Waals surface area contributed by atoms with Crippen molar-refractivity contribution in [1.29, 1.82) is 5.26 Å². The molecular weight excluding hydrogens is 214 g/mol. The average Bonchev–Trinajstić information content (AvgIpc) is 2.38. The second kappa shape index (κ2) is 4.99. The van der Waals surface area contributed by atoms with Crippen LogP contribution < -0.4 is 10.5 Å². The second-order valence-electron chi connectivity index (χ2n) is 3.45. The molecule has 4 heteroatoms. The highest BCUT2D eigenvalue weighted by molar-refractivity contribution is 5.51. The molecule has 0 aliphatic carbocycles. The Morgan fingerprint density at radius 3 is 2.82 bits per heavy atom. The SMILES string of the molecule is N#Cc1ncccc1COc1ccccc1N. The number of rotatable bonds is 3. The Balaban J connectivity index is 2.13. The van der Waals surface area contributed by atoms with E-state index in [1.807, 2.05) is 24.3 Å². The molecule has 0 atom stereocenters. The van der Waals surface area contributed by atoms with Gasteiger partial charge in [0.05, 0.1) is 5.69 Å². The van der Waals surface area contributed by atoms with Crippen molar-refractivity contribution >= 4 is 5.69 Å². The van der Waals surface area contributed by atoms with Crippen molar-refractivity contribution in [3.8, 4) is 11.8 Å². The third-order valence-electron chi connectivity index (χ3n) is 2.30. The Bertz CT molecular complexity index is 561. The van der Waals surface area contributed by atoms with Crippen molar-refractivity contribution < 1.29 is 4.74 Å². The summed E-state index contributed by atoms with van der Waals surface area (Å²) in [6, 6.07) is 12.9. The van der Waals surface area contributed by atoms with Gasteiger partial charge < -0.3 is 10.5 Å². The standard InChI is InChI=1S/C13H11N3O/c14-8-12-10(4-3-7-16-12)9-17-13-6-2-1-5-11(13)15/h1-7H,9,15H2. The summed E-state index contributed by atoms with van der Waals surface area (Å²) >= 11 is 0. The zero-order valence-electron chi connectivity index (χ0n) is 9.13. The van der Waals surface area contributed by atoms with E-state index in [-0.39, 0.29) is 6.61 Å². The Morgan fingerprint density at radius 2 is 2.06 bits per heavy atom. The van der Waals surface area contributed by atoms with Gasteiger partial charge in [-0.2, -0.15) is 5.26 Å². The number of pyridine rings is 1. The summed E-state index contributed by atoms with van der Waals surface area (Å²) < 4.78 is 5.55.